The number of nitrogens with two attached hydrogens (primary N) is 1. The minimum absolute atomic E-state index is 0. The summed E-state index contributed by atoms with van der Waals surface area (Å²) in [6, 6.07) is 12.3. The lowest BCUT2D eigenvalue weighted by atomic mass is 10.3. The van der Waals surface area contributed by atoms with Crippen LogP contribution in [0.1, 0.15) is 5.56 Å². The molecule has 28 heavy (non-hydrogen) atoms. The van der Waals surface area contributed by atoms with Gasteiger partial charge in [0.2, 0.25) is 0 Å². The maximum Gasteiger partial charge on any atom is 0.271 e. The first-order chi connectivity index (χ1) is 13.0. The molecule has 11 heteroatoms. The number of sulfonamides is 1. The van der Waals surface area contributed by atoms with E-state index in [0.29, 0.717) is 23.2 Å². The Morgan fingerprint density at radius 1 is 1.14 bits per heavy atom. The third-order valence-electron chi connectivity index (χ3n) is 3.70. The summed E-state index contributed by atoms with van der Waals surface area (Å²) >= 11 is 2.60. The van der Waals surface area contributed by atoms with Gasteiger partial charge in [-0.3, -0.25) is 4.72 Å². The molecule has 0 aliphatic rings. The predicted molar refractivity (Wildman–Crippen MR) is 117 cm³/mol. The lowest BCUT2D eigenvalue weighted by Crippen LogP contribution is -2.11. The van der Waals surface area contributed by atoms with Crippen LogP contribution in [0.4, 0.5) is 16.6 Å². The molecule has 4 N–H and O–H groups in total. The summed E-state index contributed by atoms with van der Waals surface area (Å²) in [5, 5.41) is 5.56. The summed E-state index contributed by atoms with van der Waals surface area (Å²) in [5.41, 5.74) is 7.80. The maximum absolute atomic E-state index is 12.4. The number of benzene rings is 1. The quantitative estimate of drug-likeness (QED) is 0.404. The second-order valence-corrected chi connectivity index (χ2v) is 9.51. The molecule has 0 radical (unpaired) electrons. The highest BCUT2D eigenvalue weighted by molar-refractivity contribution is 7.94. The number of anilines is 3. The van der Waals surface area contributed by atoms with Gasteiger partial charge in [-0.25, -0.2) is 18.4 Å². The highest BCUT2D eigenvalue weighted by Gasteiger charge is 2.16. The van der Waals surface area contributed by atoms with Gasteiger partial charge in [0.05, 0.1) is 15.9 Å². The van der Waals surface area contributed by atoms with E-state index in [1.807, 2.05) is 12.1 Å². The zero-order valence-electron chi connectivity index (χ0n) is 14.3. The fourth-order valence-corrected chi connectivity index (χ4v) is 5.35. The van der Waals surface area contributed by atoms with Gasteiger partial charge in [-0.05, 0) is 41.3 Å². The summed E-state index contributed by atoms with van der Waals surface area (Å²) in [6.45, 7) is 0.443. The molecule has 0 saturated heterocycles. The molecule has 3 aromatic heterocycles. The molecule has 0 aliphatic heterocycles. The number of pyridine rings is 1. The molecule has 0 unspecified atom stereocenters. The zero-order valence-corrected chi connectivity index (χ0v) is 17.6. The van der Waals surface area contributed by atoms with Crippen LogP contribution in [0.3, 0.4) is 0 Å². The summed E-state index contributed by atoms with van der Waals surface area (Å²) in [7, 11) is -3.57. The number of thiophene rings is 1. The molecule has 7 nitrogen and oxygen atoms in total. The average Bonchev–Trinajstić information content (AvgIpc) is 3.31. The van der Waals surface area contributed by atoms with Gasteiger partial charge in [-0.1, -0.05) is 23.5 Å². The monoisotopic (exact) mass is 453 g/mol. The van der Waals surface area contributed by atoms with E-state index in [9.17, 15) is 8.42 Å². The largest absolute Gasteiger partial charge is 0.326 e. The van der Waals surface area contributed by atoms with Crippen LogP contribution in [-0.2, 0) is 16.6 Å². The third kappa shape index (κ3) is 4.42. The smallest absolute Gasteiger partial charge is 0.271 e. The lowest BCUT2D eigenvalue weighted by molar-refractivity contribution is 0.603. The molecule has 4 rings (SSSR count). The van der Waals surface area contributed by atoms with Crippen molar-refractivity contribution in [2.45, 2.75) is 10.8 Å². The van der Waals surface area contributed by atoms with Crippen LogP contribution in [0.2, 0.25) is 0 Å². The molecule has 0 amide bonds. The molecule has 0 saturated carbocycles. The molecule has 0 bridgehead atoms. The molecule has 4 aromatic rings. The van der Waals surface area contributed by atoms with Gasteiger partial charge >= 0.3 is 0 Å². The standard InChI is InChI=1S/C17H15N5O2S3.ClH/c18-9-11-3-6-15(19-10-11)21-17-20-13-5-4-12(8-14(13)26-17)22-27(23,24)16-2-1-7-25-16;/h1-8,10,22H,9,18H2,(H,19,20,21);1H. The Kier molecular flexibility index (Phi) is 6.16. The third-order valence-corrected chi connectivity index (χ3v) is 7.41. The van der Waals surface area contributed by atoms with E-state index in [0.717, 1.165) is 15.8 Å². The van der Waals surface area contributed by atoms with Crippen molar-refractivity contribution in [1.82, 2.24) is 9.97 Å². The van der Waals surface area contributed by atoms with E-state index >= 15 is 0 Å². The number of hydrogen-bond acceptors (Lipinski definition) is 8. The van der Waals surface area contributed by atoms with E-state index in [-0.39, 0.29) is 16.6 Å². The Hall–Kier alpha value is -2.24. The van der Waals surface area contributed by atoms with Gasteiger partial charge in [-0.15, -0.1) is 23.7 Å². The van der Waals surface area contributed by atoms with Crippen molar-refractivity contribution in [2.75, 3.05) is 10.0 Å². The van der Waals surface area contributed by atoms with Gasteiger partial charge in [0, 0.05) is 12.7 Å². The highest BCUT2D eigenvalue weighted by atomic mass is 35.5. The van der Waals surface area contributed by atoms with Gasteiger partial charge < -0.3 is 11.1 Å². The Bertz CT molecular complexity index is 1180. The molecule has 1 aromatic carbocycles. The van der Waals surface area contributed by atoms with Crippen molar-refractivity contribution in [3.63, 3.8) is 0 Å². The molecular formula is C17H16ClN5O2S3. The highest BCUT2D eigenvalue weighted by Crippen LogP contribution is 2.31. The molecule has 0 spiro atoms. The Labute approximate surface area is 176 Å². The average molecular weight is 454 g/mol. The first-order valence-corrected chi connectivity index (χ1v) is 11.1. The Morgan fingerprint density at radius 2 is 2.00 bits per heavy atom. The van der Waals surface area contributed by atoms with Gasteiger partial charge in [0.25, 0.3) is 10.0 Å². The molecule has 3 heterocycles. The van der Waals surface area contributed by atoms with Crippen LogP contribution in [0.25, 0.3) is 10.2 Å². The van der Waals surface area contributed by atoms with Crippen LogP contribution in [0.15, 0.2) is 58.3 Å². The summed E-state index contributed by atoms with van der Waals surface area (Å²) < 4.78 is 28.5. The zero-order chi connectivity index (χ0) is 18.9. The van der Waals surface area contributed by atoms with Crippen molar-refractivity contribution in [2.24, 2.45) is 5.73 Å². The van der Waals surface area contributed by atoms with Gasteiger partial charge in [-0.2, -0.15) is 0 Å². The second-order valence-electron chi connectivity index (χ2n) is 5.62. The van der Waals surface area contributed by atoms with Crippen LogP contribution >= 0.6 is 35.1 Å². The van der Waals surface area contributed by atoms with E-state index in [1.165, 1.54) is 22.7 Å². The lowest BCUT2D eigenvalue weighted by Gasteiger charge is -2.05. The minimum atomic E-state index is -3.57. The van der Waals surface area contributed by atoms with E-state index in [2.05, 4.69) is 20.0 Å². The number of halogens is 1. The number of fused-ring (bicyclic) bond motifs is 1. The number of nitrogens with one attached hydrogen (secondary N) is 2. The van der Waals surface area contributed by atoms with Gasteiger partial charge in [0.1, 0.15) is 10.0 Å². The second kappa shape index (κ2) is 8.41. The van der Waals surface area contributed by atoms with E-state index in [4.69, 9.17) is 5.73 Å². The number of rotatable bonds is 6. The van der Waals surface area contributed by atoms with Gasteiger partial charge in [0.15, 0.2) is 5.13 Å². The molecule has 0 atom stereocenters. The van der Waals surface area contributed by atoms with Crippen molar-refractivity contribution in [1.29, 1.82) is 0 Å². The van der Waals surface area contributed by atoms with Crippen molar-refractivity contribution >= 4 is 72.0 Å². The van der Waals surface area contributed by atoms with Crippen LogP contribution in [0, 0.1) is 0 Å². The summed E-state index contributed by atoms with van der Waals surface area (Å²) in [4.78, 5) is 8.80. The molecular weight excluding hydrogens is 438 g/mol. The maximum atomic E-state index is 12.4. The Balaban J connectivity index is 0.00000225. The summed E-state index contributed by atoms with van der Waals surface area (Å²) in [5.74, 6) is 0.671. The molecule has 0 fully saturated rings. The topological polar surface area (TPSA) is 110 Å². The van der Waals surface area contributed by atoms with Crippen molar-refractivity contribution < 1.29 is 8.42 Å². The molecule has 0 aliphatic carbocycles. The van der Waals surface area contributed by atoms with Crippen molar-refractivity contribution in [3.8, 4) is 0 Å². The molecule has 146 valence electrons. The van der Waals surface area contributed by atoms with Crippen molar-refractivity contribution in [3.05, 3.63) is 59.6 Å². The number of hydrogen-bond donors (Lipinski definition) is 3. The SMILES string of the molecule is Cl.NCc1ccc(Nc2nc3ccc(NS(=O)(=O)c4cccs4)cc3s2)nc1. The van der Waals surface area contributed by atoms with Crippen LogP contribution < -0.4 is 15.8 Å². The number of nitrogens with zero attached hydrogens (tertiary/aromatic N) is 2. The fourth-order valence-electron chi connectivity index (χ4n) is 2.39. The first-order valence-electron chi connectivity index (χ1n) is 7.92. The Morgan fingerprint density at radius 3 is 2.68 bits per heavy atom. The normalized spacial score (nSPS) is 11.2. The number of aromatic nitrogens is 2. The first kappa shape index (κ1) is 20.5. The van der Waals surface area contributed by atoms with Crippen LogP contribution in [-0.4, -0.2) is 18.4 Å². The fraction of sp³-hybridized carbons (Fsp3) is 0.0588. The van der Waals surface area contributed by atoms with E-state index < -0.39 is 10.0 Å². The predicted octanol–water partition coefficient (Wildman–Crippen LogP) is 4.18. The minimum Gasteiger partial charge on any atom is -0.326 e. The van der Waals surface area contributed by atoms with Crippen LogP contribution in [0.5, 0.6) is 0 Å². The van der Waals surface area contributed by atoms with E-state index in [1.54, 1.807) is 41.9 Å². The summed E-state index contributed by atoms with van der Waals surface area (Å²) in [6.07, 6.45) is 1.72. The number of thiazole rings is 1.